The molecular weight excluding hydrogens is 386 g/mol. The smallest absolute Gasteiger partial charge is 0.336 e. The van der Waals surface area contributed by atoms with Crippen LogP contribution >= 0.6 is 0 Å². The van der Waals surface area contributed by atoms with Gasteiger partial charge in [0.2, 0.25) is 0 Å². The van der Waals surface area contributed by atoms with E-state index in [1.807, 2.05) is 54.6 Å². The fraction of sp³-hybridized carbons (Fsp3) is 0.192. The lowest BCUT2D eigenvalue weighted by Crippen LogP contribution is -2.06. The van der Waals surface area contributed by atoms with Gasteiger partial charge in [-0.05, 0) is 41.3 Å². The van der Waals surface area contributed by atoms with Gasteiger partial charge in [-0.2, -0.15) is 5.26 Å². The molecule has 4 aromatic rings. The highest BCUT2D eigenvalue weighted by atomic mass is 16.4. The van der Waals surface area contributed by atoms with Crippen molar-refractivity contribution in [3.63, 3.8) is 0 Å². The Labute approximate surface area is 181 Å². The molecule has 5 heteroatoms. The second-order valence-electron chi connectivity index (χ2n) is 7.55. The number of fused-ring (bicyclic) bond motifs is 1. The number of nitriles is 1. The summed E-state index contributed by atoms with van der Waals surface area (Å²) in [6.45, 7) is 2.76. The minimum atomic E-state index is -0.936. The summed E-state index contributed by atoms with van der Waals surface area (Å²) in [6, 6.07) is 22.9. The first kappa shape index (κ1) is 20.4. The number of carboxylic acids is 1. The van der Waals surface area contributed by atoms with Crippen LogP contribution in [0.3, 0.4) is 0 Å². The lowest BCUT2D eigenvalue weighted by atomic mass is 9.98. The van der Waals surface area contributed by atoms with Crippen molar-refractivity contribution in [2.75, 3.05) is 0 Å². The molecule has 1 aromatic heterocycles. The van der Waals surface area contributed by atoms with Gasteiger partial charge >= 0.3 is 5.97 Å². The average molecular weight is 409 g/mol. The molecule has 3 aromatic carbocycles. The highest BCUT2D eigenvalue weighted by Crippen LogP contribution is 2.26. The molecule has 31 heavy (non-hydrogen) atoms. The highest BCUT2D eigenvalue weighted by Gasteiger charge is 2.15. The number of carbonyl (C=O) groups is 1. The molecule has 0 bridgehead atoms. The quantitative estimate of drug-likeness (QED) is 0.427. The Morgan fingerprint density at radius 3 is 2.55 bits per heavy atom. The van der Waals surface area contributed by atoms with Gasteiger partial charge in [-0.1, -0.05) is 61.9 Å². The minimum absolute atomic E-state index is 0.288. The molecule has 5 nitrogen and oxygen atoms in total. The lowest BCUT2D eigenvalue weighted by Gasteiger charge is -2.12. The first-order chi connectivity index (χ1) is 15.1. The molecule has 0 radical (unpaired) electrons. The van der Waals surface area contributed by atoms with Crippen LogP contribution in [0.15, 0.2) is 66.7 Å². The summed E-state index contributed by atoms with van der Waals surface area (Å²) in [7, 11) is 0. The van der Waals surface area contributed by atoms with E-state index < -0.39 is 5.97 Å². The first-order valence-corrected chi connectivity index (χ1v) is 10.4. The van der Waals surface area contributed by atoms with Crippen LogP contribution in [-0.4, -0.2) is 20.6 Å². The number of hydrogen-bond acceptors (Lipinski definition) is 3. The predicted octanol–water partition coefficient (Wildman–Crippen LogP) is 5.66. The first-order valence-electron chi connectivity index (χ1n) is 10.4. The van der Waals surface area contributed by atoms with Crippen molar-refractivity contribution in [3.05, 3.63) is 89.2 Å². The Hall–Kier alpha value is -3.91. The number of aromatic carboxylic acids is 1. The van der Waals surface area contributed by atoms with Gasteiger partial charge in [0.1, 0.15) is 11.9 Å². The molecule has 0 aliphatic heterocycles. The maximum Gasteiger partial charge on any atom is 0.336 e. The predicted molar refractivity (Wildman–Crippen MR) is 121 cm³/mol. The van der Waals surface area contributed by atoms with Crippen LogP contribution in [-0.2, 0) is 13.0 Å². The van der Waals surface area contributed by atoms with Crippen molar-refractivity contribution in [2.45, 2.75) is 32.7 Å². The third-order valence-electron chi connectivity index (χ3n) is 5.48. The Morgan fingerprint density at radius 1 is 1.06 bits per heavy atom. The van der Waals surface area contributed by atoms with Gasteiger partial charge in [0, 0.05) is 13.0 Å². The molecule has 1 heterocycles. The topological polar surface area (TPSA) is 78.9 Å². The van der Waals surface area contributed by atoms with E-state index in [2.05, 4.69) is 17.6 Å². The van der Waals surface area contributed by atoms with E-state index in [0.29, 0.717) is 17.7 Å². The zero-order valence-electron chi connectivity index (χ0n) is 17.4. The summed E-state index contributed by atoms with van der Waals surface area (Å²) in [4.78, 5) is 16.3. The molecular formula is C26H23N3O2. The molecule has 0 unspecified atom stereocenters. The number of aromatic nitrogens is 2. The van der Waals surface area contributed by atoms with Gasteiger partial charge in [-0.25, -0.2) is 9.78 Å². The number of aryl methyl sites for hydroxylation is 1. The number of carboxylic acid groups (broad SMARTS) is 1. The second-order valence-corrected chi connectivity index (χ2v) is 7.55. The average Bonchev–Trinajstić information content (AvgIpc) is 3.15. The number of nitrogens with zero attached hydrogens (tertiary/aromatic N) is 3. The van der Waals surface area contributed by atoms with Gasteiger partial charge in [-0.3, -0.25) is 0 Å². The summed E-state index contributed by atoms with van der Waals surface area (Å²) in [5.41, 5.74) is 5.26. The fourth-order valence-corrected chi connectivity index (χ4v) is 3.91. The normalized spacial score (nSPS) is 10.8. The van der Waals surface area contributed by atoms with Gasteiger partial charge in [-0.15, -0.1) is 0 Å². The molecule has 0 saturated heterocycles. The van der Waals surface area contributed by atoms with Crippen LogP contribution in [0, 0.1) is 11.3 Å². The van der Waals surface area contributed by atoms with Crippen LogP contribution in [0.4, 0.5) is 0 Å². The number of benzene rings is 3. The maximum absolute atomic E-state index is 11.5. The zero-order valence-corrected chi connectivity index (χ0v) is 17.4. The van der Waals surface area contributed by atoms with Crippen LogP contribution in [0.25, 0.3) is 22.2 Å². The van der Waals surface area contributed by atoms with Crippen molar-refractivity contribution in [1.82, 2.24) is 9.55 Å². The summed E-state index contributed by atoms with van der Waals surface area (Å²) in [6.07, 6.45) is 2.97. The van der Waals surface area contributed by atoms with E-state index in [1.54, 1.807) is 12.1 Å². The summed E-state index contributed by atoms with van der Waals surface area (Å²) >= 11 is 0. The zero-order chi connectivity index (χ0) is 21.8. The second kappa shape index (κ2) is 8.85. The molecule has 1 N–H and O–H groups in total. The number of hydrogen-bond donors (Lipinski definition) is 1. The van der Waals surface area contributed by atoms with Crippen LogP contribution in [0.5, 0.6) is 0 Å². The van der Waals surface area contributed by atoms with Gasteiger partial charge < -0.3 is 9.67 Å². The monoisotopic (exact) mass is 409 g/mol. The lowest BCUT2D eigenvalue weighted by molar-refractivity contribution is 0.0697. The van der Waals surface area contributed by atoms with Crippen LogP contribution in [0.1, 0.15) is 47.1 Å². The largest absolute Gasteiger partial charge is 0.478 e. The van der Waals surface area contributed by atoms with Crippen LogP contribution < -0.4 is 0 Å². The fourth-order valence-electron chi connectivity index (χ4n) is 3.91. The van der Waals surface area contributed by atoms with E-state index in [0.717, 1.165) is 47.2 Å². The molecule has 0 atom stereocenters. The molecule has 0 aliphatic rings. The van der Waals surface area contributed by atoms with E-state index in [1.165, 1.54) is 0 Å². The summed E-state index contributed by atoms with van der Waals surface area (Å²) < 4.78 is 2.14. The third kappa shape index (κ3) is 4.06. The molecule has 4 rings (SSSR count). The number of imidazole rings is 1. The molecule has 0 saturated carbocycles. The van der Waals surface area contributed by atoms with E-state index >= 15 is 0 Å². The Balaban J connectivity index is 1.72. The van der Waals surface area contributed by atoms with E-state index in [4.69, 9.17) is 4.98 Å². The minimum Gasteiger partial charge on any atom is -0.478 e. The summed E-state index contributed by atoms with van der Waals surface area (Å²) in [5, 5.41) is 19.1. The van der Waals surface area contributed by atoms with Crippen LogP contribution in [0.2, 0.25) is 0 Å². The van der Waals surface area contributed by atoms with Crippen molar-refractivity contribution >= 4 is 17.0 Å². The van der Waals surface area contributed by atoms with E-state index in [9.17, 15) is 15.2 Å². The van der Waals surface area contributed by atoms with Crippen molar-refractivity contribution < 1.29 is 9.90 Å². The molecule has 154 valence electrons. The number of para-hydroxylation sites is 1. The van der Waals surface area contributed by atoms with Gasteiger partial charge in [0.25, 0.3) is 0 Å². The third-order valence-corrected chi connectivity index (χ3v) is 5.48. The Morgan fingerprint density at radius 2 is 1.84 bits per heavy atom. The number of unbranched alkanes of at least 4 members (excludes halogenated alkanes) is 1. The van der Waals surface area contributed by atoms with E-state index in [-0.39, 0.29) is 5.56 Å². The maximum atomic E-state index is 11.5. The van der Waals surface area contributed by atoms with Gasteiger partial charge in [0.15, 0.2) is 0 Å². The van der Waals surface area contributed by atoms with Crippen molar-refractivity contribution in [2.24, 2.45) is 0 Å². The summed E-state index contributed by atoms with van der Waals surface area (Å²) in [5.74, 6) is 0.0500. The molecule has 0 fully saturated rings. The van der Waals surface area contributed by atoms with Crippen molar-refractivity contribution in [3.8, 4) is 17.2 Å². The van der Waals surface area contributed by atoms with Gasteiger partial charge in [0.05, 0.1) is 22.2 Å². The number of rotatable bonds is 7. The SMILES string of the molecule is CCCCc1nc2cccc(C#N)c2n1Cc1ccc(-c2ccccc2C(=O)O)cc1. The molecule has 0 aliphatic carbocycles. The standard InChI is InChI=1S/C26H23N3O2/c1-2-3-11-24-28-23-10-6-7-20(16-27)25(23)29(24)17-18-12-14-19(15-13-18)21-8-4-5-9-22(21)26(30)31/h4-10,12-15H,2-3,11,17H2,1H3,(H,30,31). The molecule has 0 spiro atoms. The highest BCUT2D eigenvalue weighted by molar-refractivity contribution is 5.96. The van der Waals surface area contributed by atoms with Crippen molar-refractivity contribution in [1.29, 1.82) is 5.26 Å². The molecule has 0 amide bonds. The Kier molecular flexibility index (Phi) is 5.81. The Bertz CT molecular complexity index is 1280.